The van der Waals surface area contributed by atoms with Crippen molar-refractivity contribution in [3.05, 3.63) is 50.4 Å². The van der Waals surface area contributed by atoms with Crippen molar-refractivity contribution in [3.8, 4) is 0 Å². The summed E-state index contributed by atoms with van der Waals surface area (Å²) >= 11 is 5.29. The standard InChI is InChI=1S/C14H17BrN2S/c1-9(12-6-4-5-7-13(12)15)16-10(2)14-8-18-11(3)17-14/h4-10,16H,1-3H3/t9-,10?/m0/s1. The summed E-state index contributed by atoms with van der Waals surface area (Å²) in [4.78, 5) is 4.52. The van der Waals surface area contributed by atoms with Crippen LogP contribution in [-0.2, 0) is 0 Å². The van der Waals surface area contributed by atoms with Gasteiger partial charge in [-0.05, 0) is 32.4 Å². The van der Waals surface area contributed by atoms with Crippen LogP contribution in [-0.4, -0.2) is 4.98 Å². The molecule has 1 heterocycles. The molecule has 2 nitrogen and oxygen atoms in total. The lowest BCUT2D eigenvalue weighted by molar-refractivity contribution is 0.486. The van der Waals surface area contributed by atoms with Crippen molar-refractivity contribution in [2.45, 2.75) is 32.9 Å². The summed E-state index contributed by atoms with van der Waals surface area (Å²) in [6, 6.07) is 8.87. The molecule has 1 aromatic heterocycles. The third-order valence-electron chi connectivity index (χ3n) is 2.95. The Morgan fingerprint density at radius 2 is 1.94 bits per heavy atom. The topological polar surface area (TPSA) is 24.9 Å². The third-order valence-corrected chi connectivity index (χ3v) is 4.47. The van der Waals surface area contributed by atoms with Crippen LogP contribution >= 0.6 is 27.3 Å². The SMILES string of the molecule is Cc1nc(C(C)N[C@@H](C)c2ccccc2Br)cs1. The summed E-state index contributed by atoms with van der Waals surface area (Å²) in [5, 5.41) is 6.82. The molecule has 0 spiro atoms. The van der Waals surface area contributed by atoms with Gasteiger partial charge < -0.3 is 5.32 Å². The van der Waals surface area contributed by atoms with Crippen LogP contribution < -0.4 is 5.32 Å². The number of rotatable bonds is 4. The maximum absolute atomic E-state index is 4.52. The van der Waals surface area contributed by atoms with E-state index >= 15 is 0 Å². The highest BCUT2D eigenvalue weighted by molar-refractivity contribution is 9.10. The van der Waals surface area contributed by atoms with Gasteiger partial charge in [-0.1, -0.05) is 34.1 Å². The van der Waals surface area contributed by atoms with E-state index < -0.39 is 0 Å². The van der Waals surface area contributed by atoms with E-state index in [4.69, 9.17) is 0 Å². The first-order chi connectivity index (χ1) is 8.58. The summed E-state index contributed by atoms with van der Waals surface area (Å²) in [5.41, 5.74) is 2.40. The van der Waals surface area contributed by atoms with Gasteiger partial charge in [-0.2, -0.15) is 0 Å². The second-order valence-electron chi connectivity index (χ2n) is 4.42. The average Bonchev–Trinajstić information content (AvgIpc) is 2.76. The van der Waals surface area contributed by atoms with E-state index in [0.717, 1.165) is 15.2 Å². The summed E-state index contributed by atoms with van der Waals surface area (Å²) in [5.74, 6) is 0. The summed E-state index contributed by atoms with van der Waals surface area (Å²) in [6.07, 6.45) is 0. The van der Waals surface area contributed by atoms with E-state index in [1.165, 1.54) is 5.56 Å². The van der Waals surface area contributed by atoms with Gasteiger partial charge in [0.25, 0.3) is 0 Å². The molecular formula is C14H17BrN2S. The summed E-state index contributed by atoms with van der Waals surface area (Å²) in [6.45, 7) is 6.37. The maximum atomic E-state index is 4.52. The van der Waals surface area contributed by atoms with Crippen LogP contribution in [0.15, 0.2) is 34.1 Å². The second kappa shape index (κ2) is 5.95. The molecule has 1 N–H and O–H groups in total. The summed E-state index contributed by atoms with van der Waals surface area (Å²) < 4.78 is 1.15. The second-order valence-corrected chi connectivity index (χ2v) is 6.34. The number of aryl methyl sites for hydroxylation is 1. The largest absolute Gasteiger partial charge is 0.302 e. The van der Waals surface area contributed by atoms with Crippen molar-refractivity contribution < 1.29 is 0 Å². The number of thiazole rings is 1. The number of nitrogens with zero attached hydrogens (tertiary/aromatic N) is 1. The van der Waals surface area contributed by atoms with Gasteiger partial charge in [0.15, 0.2) is 0 Å². The van der Waals surface area contributed by atoms with Crippen LogP contribution in [0.4, 0.5) is 0 Å². The quantitative estimate of drug-likeness (QED) is 0.887. The molecule has 0 fully saturated rings. The van der Waals surface area contributed by atoms with Gasteiger partial charge >= 0.3 is 0 Å². The Hall–Kier alpha value is -0.710. The number of aromatic nitrogens is 1. The van der Waals surface area contributed by atoms with Gasteiger partial charge in [-0.25, -0.2) is 4.98 Å². The van der Waals surface area contributed by atoms with Crippen molar-refractivity contribution in [1.29, 1.82) is 0 Å². The van der Waals surface area contributed by atoms with Crippen molar-refractivity contribution in [1.82, 2.24) is 10.3 Å². The number of nitrogens with one attached hydrogen (secondary N) is 1. The van der Waals surface area contributed by atoms with Crippen LogP contribution in [0.1, 0.15) is 42.2 Å². The predicted molar refractivity (Wildman–Crippen MR) is 81.0 cm³/mol. The first-order valence-corrected chi connectivity index (χ1v) is 7.67. The van der Waals surface area contributed by atoms with Gasteiger partial charge in [0.05, 0.1) is 10.7 Å². The Bertz CT molecular complexity index is 524. The number of hydrogen-bond acceptors (Lipinski definition) is 3. The lowest BCUT2D eigenvalue weighted by atomic mass is 10.1. The third kappa shape index (κ3) is 3.19. The first kappa shape index (κ1) is 13.7. The van der Waals surface area contributed by atoms with E-state index in [1.807, 2.05) is 13.0 Å². The fourth-order valence-electron chi connectivity index (χ4n) is 1.96. The fourth-order valence-corrected chi connectivity index (χ4v) is 3.29. The average molecular weight is 325 g/mol. The molecule has 0 aliphatic rings. The molecule has 1 aromatic carbocycles. The van der Waals surface area contributed by atoms with Crippen LogP contribution in [0.2, 0.25) is 0 Å². The Labute approximate surface area is 121 Å². The van der Waals surface area contributed by atoms with E-state index in [1.54, 1.807) is 11.3 Å². The predicted octanol–water partition coefficient (Wildman–Crippen LogP) is 4.63. The molecule has 1 unspecified atom stereocenters. The zero-order chi connectivity index (χ0) is 13.1. The lowest BCUT2D eigenvalue weighted by Crippen LogP contribution is -2.23. The van der Waals surface area contributed by atoms with E-state index in [-0.39, 0.29) is 12.1 Å². The van der Waals surface area contributed by atoms with Crippen LogP contribution in [0.3, 0.4) is 0 Å². The zero-order valence-electron chi connectivity index (χ0n) is 10.8. The van der Waals surface area contributed by atoms with Gasteiger partial charge in [-0.15, -0.1) is 11.3 Å². The molecular weight excluding hydrogens is 308 g/mol. The molecule has 0 radical (unpaired) electrons. The fraction of sp³-hybridized carbons (Fsp3) is 0.357. The molecule has 0 saturated carbocycles. The number of hydrogen-bond donors (Lipinski definition) is 1. The molecule has 4 heteroatoms. The molecule has 0 amide bonds. The van der Waals surface area contributed by atoms with Crippen LogP contribution in [0, 0.1) is 6.92 Å². The zero-order valence-corrected chi connectivity index (χ0v) is 13.2. The Morgan fingerprint density at radius 1 is 1.22 bits per heavy atom. The molecule has 0 bridgehead atoms. The minimum Gasteiger partial charge on any atom is -0.302 e. The van der Waals surface area contributed by atoms with Crippen molar-refractivity contribution >= 4 is 27.3 Å². The smallest absolute Gasteiger partial charge is 0.0898 e. The van der Waals surface area contributed by atoms with Gasteiger partial charge in [0, 0.05) is 21.9 Å². The van der Waals surface area contributed by atoms with E-state index in [0.29, 0.717) is 0 Å². The van der Waals surface area contributed by atoms with Gasteiger partial charge in [0.2, 0.25) is 0 Å². The lowest BCUT2D eigenvalue weighted by Gasteiger charge is -2.20. The number of benzene rings is 1. The Balaban J connectivity index is 2.08. The molecule has 0 saturated heterocycles. The maximum Gasteiger partial charge on any atom is 0.0898 e. The molecule has 0 aliphatic heterocycles. The Morgan fingerprint density at radius 3 is 2.56 bits per heavy atom. The van der Waals surface area contributed by atoms with Crippen molar-refractivity contribution in [2.24, 2.45) is 0 Å². The molecule has 18 heavy (non-hydrogen) atoms. The first-order valence-electron chi connectivity index (χ1n) is 6.00. The minimum atomic E-state index is 0.261. The minimum absolute atomic E-state index is 0.261. The van der Waals surface area contributed by atoms with E-state index in [2.05, 4.69) is 63.7 Å². The highest BCUT2D eigenvalue weighted by Crippen LogP contribution is 2.25. The molecule has 2 atom stereocenters. The molecule has 2 aromatic rings. The molecule has 0 aliphatic carbocycles. The van der Waals surface area contributed by atoms with Crippen LogP contribution in [0.25, 0.3) is 0 Å². The normalized spacial score (nSPS) is 14.4. The van der Waals surface area contributed by atoms with Crippen LogP contribution in [0.5, 0.6) is 0 Å². The monoisotopic (exact) mass is 324 g/mol. The van der Waals surface area contributed by atoms with Gasteiger partial charge in [-0.3, -0.25) is 0 Å². The van der Waals surface area contributed by atoms with Gasteiger partial charge in [0.1, 0.15) is 0 Å². The number of halogens is 1. The Kier molecular flexibility index (Phi) is 4.54. The molecule has 2 rings (SSSR count). The summed E-state index contributed by atoms with van der Waals surface area (Å²) in [7, 11) is 0. The van der Waals surface area contributed by atoms with E-state index in [9.17, 15) is 0 Å². The van der Waals surface area contributed by atoms with Crippen molar-refractivity contribution in [2.75, 3.05) is 0 Å². The molecule has 96 valence electrons. The highest BCUT2D eigenvalue weighted by atomic mass is 79.9. The highest BCUT2D eigenvalue weighted by Gasteiger charge is 2.14. The van der Waals surface area contributed by atoms with Crippen molar-refractivity contribution in [3.63, 3.8) is 0 Å².